The Balaban J connectivity index is 1.74. The number of benzene rings is 2. The summed E-state index contributed by atoms with van der Waals surface area (Å²) in [5.74, 6) is 0. The number of hydrogen-bond acceptors (Lipinski definition) is 1. The van der Waals surface area contributed by atoms with Gasteiger partial charge in [0.05, 0.1) is 0 Å². The van der Waals surface area contributed by atoms with E-state index in [0.717, 1.165) is 19.6 Å². The van der Waals surface area contributed by atoms with Crippen molar-refractivity contribution in [1.29, 1.82) is 0 Å². The highest BCUT2D eigenvalue weighted by Crippen LogP contribution is 2.25. The lowest BCUT2D eigenvalue weighted by Gasteiger charge is -2.29. The average molecular weight is 279 g/mol. The van der Waals surface area contributed by atoms with Crippen LogP contribution in [0.3, 0.4) is 0 Å². The molecule has 0 aliphatic carbocycles. The fourth-order valence-corrected chi connectivity index (χ4v) is 3.08. The van der Waals surface area contributed by atoms with E-state index in [1.54, 1.807) is 0 Å². The molecule has 0 fully saturated rings. The first-order valence-corrected chi connectivity index (χ1v) is 7.91. The second kappa shape index (κ2) is 5.65. The molecule has 0 aromatic heterocycles. The molecule has 3 rings (SSSR count). The van der Waals surface area contributed by atoms with Gasteiger partial charge in [0.1, 0.15) is 0 Å². The smallest absolute Gasteiger partial charge is 0.0240 e. The van der Waals surface area contributed by atoms with Crippen molar-refractivity contribution in [2.45, 2.75) is 45.7 Å². The Labute approximate surface area is 128 Å². The van der Waals surface area contributed by atoms with E-state index >= 15 is 0 Å². The predicted octanol–water partition coefficient (Wildman–Crippen LogP) is 4.54. The number of rotatable bonds is 2. The first-order chi connectivity index (χ1) is 10.0. The summed E-state index contributed by atoms with van der Waals surface area (Å²) >= 11 is 0. The number of fused-ring (bicyclic) bond motifs is 1. The van der Waals surface area contributed by atoms with Gasteiger partial charge in [0, 0.05) is 19.6 Å². The number of nitrogens with zero attached hydrogens (tertiary/aromatic N) is 1. The van der Waals surface area contributed by atoms with Crippen LogP contribution in [0, 0.1) is 0 Å². The van der Waals surface area contributed by atoms with Crippen LogP contribution in [0.5, 0.6) is 0 Å². The summed E-state index contributed by atoms with van der Waals surface area (Å²) < 4.78 is 0. The van der Waals surface area contributed by atoms with Gasteiger partial charge in [-0.05, 0) is 34.1 Å². The molecule has 0 saturated heterocycles. The maximum Gasteiger partial charge on any atom is 0.0240 e. The molecule has 0 bridgehead atoms. The molecule has 0 amide bonds. The molecule has 2 aromatic rings. The van der Waals surface area contributed by atoms with Crippen LogP contribution in [0.4, 0.5) is 0 Å². The Morgan fingerprint density at radius 2 is 1.71 bits per heavy atom. The van der Waals surface area contributed by atoms with E-state index in [1.165, 1.54) is 28.7 Å². The van der Waals surface area contributed by atoms with Crippen molar-refractivity contribution < 1.29 is 0 Å². The molecule has 0 N–H and O–H groups in total. The van der Waals surface area contributed by atoms with Gasteiger partial charge >= 0.3 is 0 Å². The largest absolute Gasteiger partial charge is 0.294 e. The third kappa shape index (κ3) is 3.36. The topological polar surface area (TPSA) is 3.24 Å². The molecule has 1 heteroatoms. The minimum atomic E-state index is 0.227. The van der Waals surface area contributed by atoms with Crippen LogP contribution in [0.15, 0.2) is 48.5 Å². The van der Waals surface area contributed by atoms with Crippen LogP contribution in [-0.4, -0.2) is 11.4 Å². The van der Waals surface area contributed by atoms with E-state index < -0.39 is 0 Å². The summed E-state index contributed by atoms with van der Waals surface area (Å²) in [4.78, 5) is 2.56. The second-order valence-corrected chi connectivity index (χ2v) is 7.18. The van der Waals surface area contributed by atoms with Crippen LogP contribution in [-0.2, 0) is 24.9 Å². The Bertz CT molecular complexity index is 622. The van der Waals surface area contributed by atoms with Crippen molar-refractivity contribution in [3.63, 3.8) is 0 Å². The minimum absolute atomic E-state index is 0.227. The van der Waals surface area contributed by atoms with Gasteiger partial charge in [-0.3, -0.25) is 4.90 Å². The van der Waals surface area contributed by atoms with E-state index in [2.05, 4.69) is 74.2 Å². The van der Waals surface area contributed by atoms with Gasteiger partial charge in [-0.2, -0.15) is 0 Å². The normalized spacial score (nSPS) is 15.8. The number of hydrogen-bond donors (Lipinski definition) is 0. The first kappa shape index (κ1) is 14.3. The monoisotopic (exact) mass is 279 g/mol. The molecular formula is C20H25N. The van der Waals surface area contributed by atoms with Crippen molar-refractivity contribution in [3.8, 4) is 0 Å². The highest BCUT2D eigenvalue weighted by molar-refractivity contribution is 5.31. The maximum absolute atomic E-state index is 2.56. The van der Waals surface area contributed by atoms with Gasteiger partial charge in [0.25, 0.3) is 0 Å². The molecule has 21 heavy (non-hydrogen) atoms. The maximum atomic E-state index is 2.56. The van der Waals surface area contributed by atoms with Gasteiger partial charge in [-0.15, -0.1) is 0 Å². The zero-order chi connectivity index (χ0) is 14.9. The van der Waals surface area contributed by atoms with Gasteiger partial charge in [0.2, 0.25) is 0 Å². The van der Waals surface area contributed by atoms with E-state index in [9.17, 15) is 0 Å². The lowest BCUT2D eigenvalue weighted by atomic mass is 9.86. The molecule has 0 radical (unpaired) electrons. The van der Waals surface area contributed by atoms with Crippen molar-refractivity contribution >= 4 is 0 Å². The molecule has 1 aliphatic rings. The molecule has 0 spiro atoms. The molecule has 110 valence electrons. The molecule has 1 aliphatic heterocycles. The highest BCUT2D eigenvalue weighted by Gasteiger charge is 2.17. The van der Waals surface area contributed by atoms with Crippen LogP contribution >= 0.6 is 0 Å². The summed E-state index contributed by atoms with van der Waals surface area (Å²) in [5.41, 5.74) is 6.11. The third-order valence-corrected chi connectivity index (χ3v) is 4.41. The SMILES string of the molecule is CC(C)(C)c1cccc(CN2CCc3ccccc3C2)c1. The van der Waals surface area contributed by atoms with Gasteiger partial charge in [0.15, 0.2) is 0 Å². The standard InChI is InChI=1S/C20H25N/c1-20(2,3)19-10-6-7-16(13-19)14-21-12-11-17-8-4-5-9-18(17)15-21/h4-10,13H,11-12,14-15H2,1-3H3. The summed E-state index contributed by atoms with van der Waals surface area (Å²) in [7, 11) is 0. The lowest BCUT2D eigenvalue weighted by molar-refractivity contribution is 0.245. The summed E-state index contributed by atoms with van der Waals surface area (Å²) in [6, 6.07) is 17.9. The van der Waals surface area contributed by atoms with E-state index in [-0.39, 0.29) is 5.41 Å². The van der Waals surface area contributed by atoms with Crippen molar-refractivity contribution in [1.82, 2.24) is 4.90 Å². The summed E-state index contributed by atoms with van der Waals surface area (Å²) in [6.07, 6.45) is 1.18. The van der Waals surface area contributed by atoms with Crippen LogP contribution in [0.2, 0.25) is 0 Å². The fraction of sp³-hybridized carbons (Fsp3) is 0.400. The van der Waals surface area contributed by atoms with E-state index in [0.29, 0.717) is 0 Å². The molecule has 1 heterocycles. The van der Waals surface area contributed by atoms with Crippen LogP contribution < -0.4 is 0 Å². The van der Waals surface area contributed by atoms with Crippen LogP contribution in [0.1, 0.15) is 43.0 Å². The molecule has 0 saturated carbocycles. The fourth-order valence-electron chi connectivity index (χ4n) is 3.08. The highest BCUT2D eigenvalue weighted by atomic mass is 15.1. The average Bonchev–Trinajstić information content (AvgIpc) is 2.46. The molecule has 0 atom stereocenters. The Morgan fingerprint density at radius 3 is 2.48 bits per heavy atom. The minimum Gasteiger partial charge on any atom is -0.294 e. The predicted molar refractivity (Wildman–Crippen MR) is 89.4 cm³/mol. The first-order valence-electron chi connectivity index (χ1n) is 7.91. The quantitative estimate of drug-likeness (QED) is 0.780. The second-order valence-electron chi connectivity index (χ2n) is 7.18. The molecule has 2 aromatic carbocycles. The third-order valence-electron chi connectivity index (χ3n) is 4.41. The van der Waals surface area contributed by atoms with Gasteiger partial charge < -0.3 is 0 Å². The lowest BCUT2D eigenvalue weighted by Crippen LogP contribution is -2.30. The van der Waals surface area contributed by atoms with E-state index in [1.807, 2.05) is 0 Å². The Kier molecular flexibility index (Phi) is 3.86. The van der Waals surface area contributed by atoms with Gasteiger partial charge in [-0.1, -0.05) is 69.3 Å². The molecular weight excluding hydrogens is 254 g/mol. The van der Waals surface area contributed by atoms with Crippen LogP contribution in [0.25, 0.3) is 0 Å². The Hall–Kier alpha value is -1.60. The molecule has 0 unspecified atom stereocenters. The summed E-state index contributed by atoms with van der Waals surface area (Å²) in [5, 5.41) is 0. The van der Waals surface area contributed by atoms with Crippen molar-refractivity contribution in [3.05, 3.63) is 70.8 Å². The van der Waals surface area contributed by atoms with Crippen molar-refractivity contribution in [2.75, 3.05) is 6.54 Å². The molecule has 1 nitrogen and oxygen atoms in total. The van der Waals surface area contributed by atoms with Crippen molar-refractivity contribution in [2.24, 2.45) is 0 Å². The zero-order valence-electron chi connectivity index (χ0n) is 13.4. The zero-order valence-corrected chi connectivity index (χ0v) is 13.4. The Morgan fingerprint density at radius 1 is 0.952 bits per heavy atom. The van der Waals surface area contributed by atoms with Gasteiger partial charge in [-0.25, -0.2) is 0 Å². The van der Waals surface area contributed by atoms with E-state index in [4.69, 9.17) is 0 Å². The summed E-state index contributed by atoms with van der Waals surface area (Å²) in [6.45, 7) is 10.1.